The Balaban J connectivity index is 2.75. The first kappa shape index (κ1) is 7.98. The second-order valence-electron chi connectivity index (χ2n) is 2.43. The highest BCUT2D eigenvalue weighted by Gasteiger charge is 2.03. The number of hydrogen-bond donors (Lipinski definition) is 1. The Morgan fingerprint density at radius 2 is 2.33 bits per heavy atom. The molecule has 0 atom stereocenters. The molecule has 2 nitrogen and oxygen atoms in total. The van der Waals surface area contributed by atoms with Gasteiger partial charge in [0.05, 0.1) is 27.4 Å². The third-order valence-electron chi connectivity index (χ3n) is 1.63. The highest BCUT2D eigenvalue weighted by atomic mass is 35.5. The Kier molecular flexibility index (Phi) is 2.00. The lowest BCUT2D eigenvalue weighted by molar-refractivity contribution is 0.282. The second-order valence-corrected chi connectivity index (χ2v) is 3.73. The molecule has 0 saturated carbocycles. The van der Waals surface area contributed by atoms with Crippen molar-refractivity contribution in [3.63, 3.8) is 0 Å². The van der Waals surface area contributed by atoms with E-state index in [-0.39, 0.29) is 6.61 Å². The largest absolute Gasteiger partial charge is 0.392 e. The van der Waals surface area contributed by atoms with E-state index in [0.717, 1.165) is 15.8 Å². The van der Waals surface area contributed by atoms with Crippen molar-refractivity contribution < 1.29 is 5.11 Å². The van der Waals surface area contributed by atoms with Gasteiger partial charge in [-0.15, -0.1) is 11.3 Å². The number of nitrogens with zero attached hydrogens (tertiary/aromatic N) is 1. The maximum atomic E-state index is 8.88. The fraction of sp³-hybridized carbons (Fsp3) is 0.125. The zero-order valence-corrected chi connectivity index (χ0v) is 7.69. The molecule has 1 heterocycles. The van der Waals surface area contributed by atoms with Gasteiger partial charge in [0.25, 0.3) is 0 Å². The molecule has 0 saturated heterocycles. The van der Waals surface area contributed by atoms with Gasteiger partial charge < -0.3 is 5.11 Å². The molecule has 0 spiro atoms. The molecule has 1 aromatic carbocycles. The van der Waals surface area contributed by atoms with Crippen LogP contribution in [0.3, 0.4) is 0 Å². The quantitative estimate of drug-likeness (QED) is 0.766. The van der Waals surface area contributed by atoms with Crippen LogP contribution < -0.4 is 0 Å². The summed E-state index contributed by atoms with van der Waals surface area (Å²) in [6.07, 6.45) is 0. The summed E-state index contributed by atoms with van der Waals surface area (Å²) in [5.74, 6) is 0. The van der Waals surface area contributed by atoms with Crippen LogP contribution >= 0.6 is 22.9 Å². The van der Waals surface area contributed by atoms with Crippen molar-refractivity contribution in [1.29, 1.82) is 0 Å². The predicted octanol–water partition coefficient (Wildman–Crippen LogP) is 2.44. The number of hydrogen-bond acceptors (Lipinski definition) is 3. The Morgan fingerprint density at radius 1 is 1.50 bits per heavy atom. The molecule has 0 radical (unpaired) electrons. The van der Waals surface area contributed by atoms with Crippen LogP contribution in [0.25, 0.3) is 10.2 Å². The molecule has 1 N–H and O–H groups in total. The molecular formula is C8H6ClNOS. The van der Waals surface area contributed by atoms with E-state index >= 15 is 0 Å². The van der Waals surface area contributed by atoms with Crippen molar-refractivity contribution in [3.05, 3.63) is 28.2 Å². The number of aromatic nitrogens is 1. The van der Waals surface area contributed by atoms with Gasteiger partial charge in [0.15, 0.2) is 0 Å². The van der Waals surface area contributed by atoms with Crippen LogP contribution in [0.15, 0.2) is 17.6 Å². The lowest BCUT2D eigenvalue weighted by Gasteiger charge is -1.97. The number of aliphatic hydroxyl groups is 1. The standard InChI is InChI=1S/C8H6ClNOS/c9-6-1-5(3-11)2-7-8(6)10-4-12-7/h1-2,4,11H,3H2. The monoisotopic (exact) mass is 199 g/mol. The molecular weight excluding hydrogens is 194 g/mol. The summed E-state index contributed by atoms with van der Waals surface area (Å²) in [6.45, 7) is 0.0214. The van der Waals surface area contributed by atoms with Crippen LogP contribution in [-0.2, 0) is 6.61 Å². The van der Waals surface area contributed by atoms with E-state index in [1.54, 1.807) is 11.6 Å². The maximum absolute atomic E-state index is 8.88. The molecule has 2 rings (SSSR count). The van der Waals surface area contributed by atoms with Crippen LogP contribution in [0.5, 0.6) is 0 Å². The van der Waals surface area contributed by atoms with Crippen LogP contribution in [-0.4, -0.2) is 10.1 Å². The normalized spacial score (nSPS) is 10.8. The van der Waals surface area contributed by atoms with E-state index in [9.17, 15) is 0 Å². The third-order valence-corrected chi connectivity index (χ3v) is 2.70. The SMILES string of the molecule is OCc1cc(Cl)c2ncsc2c1. The Bertz CT molecular complexity index is 412. The smallest absolute Gasteiger partial charge is 0.0998 e. The molecule has 1 aromatic heterocycles. The average molecular weight is 200 g/mol. The summed E-state index contributed by atoms with van der Waals surface area (Å²) in [5.41, 5.74) is 3.40. The van der Waals surface area contributed by atoms with E-state index in [2.05, 4.69) is 4.98 Å². The topological polar surface area (TPSA) is 33.1 Å². The molecule has 0 fully saturated rings. The van der Waals surface area contributed by atoms with Gasteiger partial charge in [0, 0.05) is 0 Å². The molecule has 0 bridgehead atoms. The van der Waals surface area contributed by atoms with Gasteiger partial charge in [-0.1, -0.05) is 11.6 Å². The molecule has 12 heavy (non-hydrogen) atoms. The number of benzene rings is 1. The number of aliphatic hydroxyl groups excluding tert-OH is 1. The van der Waals surface area contributed by atoms with Crippen LogP contribution in [0.2, 0.25) is 5.02 Å². The Morgan fingerprint density at radius 3 is 3.08 bits per heavy atom. The summed E-state index contributed by atoms with van der Waals surface area (Å²) in [6, 6.07) is 3.64. The van der Waals surface area contributed by atoms with Gasteiger partial charge in [-0.25, -0.2) is 4.98 Å². The van der Waals surface area contributed by atoms with Gasteiger partial charge in [0.2, 0.25) is 0 Å². The first-order valence-corrected chi connectivity index (χ1v) is 4.69. The number of halogens is 1. The zero-order valence-electron chi connectivity index (χ0n) is 6.12. The minimum Gasteiger partial charge on any atom is -0.392 e. The van der Waals surface area contributed by atoms with Crippen molar-refractivity contribution in [2.45, 2.75) is 6.61 Å². The summed E-state index contributed by atoms with van der Waals surface area (Å²) >= 11 is 7.44. The van der Waals surface area contributed by atoms with Crippen molar-refractivity contribution in [2.75, 3.05) is 0 Å². The summed E-state index contributed by atoms with van der Waals surface area (Å²) in [4.78, 5) is 4.10. The van der Waals surface area contributed by atoms with E-state index < -0.39 is 0 Å². The number of rotatable bonds is 1. The van der Waals surface area contributed by atoms with E-state index in [0.29, 0.717) is 5.02 Å². The van der Waals surface area contributed by atoms with Crippen LogP contribution in [0.1, 0.15) is 5.56 Å². The van der Waals surface area contributed by atoms with Crippen LogP contribution in [0.4, 0.5) is 0 Å². The summed E-state index contributed by atoms with van der Waals surface area (Å²) in [5, 5.41) is 9.49. The maximum Gasteiger partial charge on any atom is 0.0998 e. The number of thiazole rings is 1. The lowest BCUT2D eigenvalue weighted by atomic mass is 10.2. The van der Waals surface area contributed by atoms with E-state index in [4.69, 9.17) is 16.7 Å². The van der Waals surface area contributed by atoms with Gasteiger partial charge in [0.1, 0.15) is 0 Å². The minimum absolute atomic E-state index is 0.0214. The predicted molar refractivity (Wildman–Crippen MR) is 50.6 cm³/mol. The van der Waals surface area contributed by atoms with E-state index in [1.807, 2.05) is 6.07 Å². The first-order chi connectivity index (χ1) is 5.81. The molecule has 2 aromatic rings. The highest BCUT2D eigenvalue weighted by molar-refractivity contribution is 7.16. The van der Waals surface area contributed by atoms with Gasteiger partial charge in [-0.3, -0.25) is 0 Å². The van der Waals surface area contributed by atoms with Crippen molar-refractivity contribution >= 4 is 33.2 Å². The van der Waals surface area contributed by atoms with Gasteiger partial charge in [-0.2, -0.15) is 0 Å². The highest BCUT2D eigenvalue weighted by Crippen LogP contribution is 2.26. The Labute approximate surface area is 78.4 Å². The number of fused-ring (bicyclic) bond motifs is 1. The molecule has 4 heteroatoms. The Hall–Kier alpha value is -0.640. The fourth-order valence-electron chi connectivity index (χ4n) is 1.07. The molecule has 0 aliphatic heterocycles. The molecule has 0 aliphatic carbocycles. The molecule has 0 unspecified atom stereocenters. The van der Waals surface area contributed by atoms with E-state index in [1.165, 1.54) is 11.3 Å². The first-order valence-electron chi connectivity index (χ1n) is 3.44. The van der Waals surface area contributed by atoms with Gasteiger partial charge in [-0.05, 0) is 17.7 Å². The van der Waals surface area contributed by atoms with Crippen molar-refractivity contribution in [2.24, 2.45) is 0 Å². The zero-order chi connectivity index (χ0) is 8.55. The average Bonchev–Trinajstić information content (AvgIpc) is 2.52. The van der Waals surface area contributed by atoms with Crippen molar-refractivity contribution in [3.8, 4) is 0 Å². The van der Waals surface area contributed by atoms with Crippen molar-refractivity contribution in [1.82, 2.24) is 4.98 Å². The van der Waals surface area contributed by atoms with Gasteiger partial charge >= 0.3 is 0 Å². The molecule has 0 aliphatic rings. The van der Waals surface area contributed by atoms with Crippen LogP contribution in [0, 0.1) is 0 Å². The molecule has 62 valence electrons. The fourth-order valence-corrected chi connectivity index (χ4v) is 2.18. The lowest BCUT2D eigenvalue weighted by Crippen LogP contribution is -1.82. The summed E-state index contributed by atoms with van der Waals surface area (Å²) < 4.78 is 1.02. The minimum atomic E-state index is 0.0214. The summed E-state index contributed by atoms with van der Waals surface area (Å²) in [7, 11) is 0. The second kappa shape index (κ2) is 3.01. The third kappa shape index (κ3) is 1.20. The molecule has 0 amide bonds.